The number of amides is 1. The van der Waals surface area contributed by atoms with Gasteiger partial charge in [0.1, 0.15) is 24.4 Å². The molecule has 1 amide bonds. The number of rotatable bonds is 47. The summed E-state index contributed by atoms with van der Waals surface area (Å²) >= 11 is 0. The monoisotopic (exact) mass is 944 g/mol. The highest BCUT2D eigenvalue weighted by molar-refractivity contribution is 5.76. The van der Waals surface area contributed by atoms with Crippen molar-refractivity contribution in [3.05, 3.63) is 60.8 Å². The number of ether oxygens (including phenoxy) is 2. The molecule has 0 aromatic heterocycles. The van der Waals surface area contributed by atoms with Crippen LogP contribution < -0.4 is 5.32 Å². The van der Waals surface area contributed by atoms with Gasteiger partial charge >= 0.3 is 0 Å². The van der Waals surface area contributed by atoms with Gasteiger partial charge in [-0.3, -0.25) is 4.79 Å². The molecule has 9 nitrogen and oxygen atoms in total. The molecule has 7 unspecified atom stereocenters. The van der Waals surface area contributed by atoms with Crippen molar-refractivity contribution >= 4 is 5.91 Å². The Labute approximate surface area is 411 Å². The minimum Gasteiger partial charge on any atom is -0.394 e. The fourth-order valence-corrected chi connectivity index (χ4v) is 8.72. The largest absolute Gasteiger partial charge is 0.394 e. The molecule has 390 valence electrons. The Kier molecular flexibility index (Phi) is 44.7. The highest BCUT2D eigenvalue weighted by atomic mass is 16.7. The van der Waals surface area contributed by atoms with Crippen molar-refractivity contribution in [2.75, 3.05) is 13.2 Å². The average molecular weight is 944 g/mol. The molecular formula is C58H105NO8. The van der Waals surface area contributed by atoms with Crippen LogP contribution in [-0.2, 0) is 14.3 Å². The third-order valence-corrected chi connectivity index (χ3v) is 13.1. The molecule has 6 N–H and O–H groups in total. The zero-order chi connectivity index (χ0) is 48.7. The van der Waals surface area contributed by atoms with E-state index < -0.39 is 49.5 Å². The molecule has 0 spiro atoms. The lowest BCUT2D eigenvalue weighted by Gasteiger charge is -2.40. The lowest BCUT2D eigenvalue weighted by molar-refractivity contribution is -0.302. The fraction of sp³-hybridized carbons (Fsp3) is 0.810. The Bertz CT molecular complexity index is 1230. The van der Waals surface area contributed by atoms with Gasteiger partial charge < -0.3 is 40.3 Å². The second-order valence-corrected chi connectivity index (χ2v) is 19.4. The third kappa shape index (κ3) is 37.4. The van der Waals surface area contributed by atoms with E-state index in [1.807, 2.05) is 0 Å². The fourth-order valence-electron chi connectivity index (χ4n) is 8.72. The normalized spacial score (nSPS) is 20.1. The molecule has 0 bridgehead atoms. The molecule has 1 rings (SSSR count). The van der Waals surface area contributed by atoms with Crippen molar-refractivity contribution in [1.82, 2.24) is 5.32 Å². The predicted molar refractivity (Wildman–Crippen MR) is 281 cm³/mol. The molecule has 0 aromatic rings. The van der Waals surface area contributed by atoms with Crippen molar-refractivity contribution in [2.45, 2.75) is 288 Å². The lowest BCUT2D eigenvalue weighted by atomic mass is 9.99. The summed E-state index contributed by atoms with van der Waals surface area (Å²) in [5.74, 6) is -0.151. The summed E-state index contributed by atoms with van der Waals surface area (Å²) in [6, 6.07) is -0.726. The van der Waals surface area contributed by atoms with Crippen molar-refractivity contribution < 1.29 is 39.8 Å². The molecule has 1 aliphatic heterocycles. The summed E-state index contributed by atoms with van der Waals surface area (Å²) < 4.78 is 11.3. The average Bonchev–Trinajstić information content (AvgIpc) is 3.33. The van der Waals surface area contributed by atoms with E-state index in [9.17, 15) is 30.3 Å². The van der Waals surface area contributed by atoms with Crippen LogP contribution in [-0.4, -0.2) is 87.5 Å². The van der Waals surface area contributed by atoms with Crippen molar-refractivity contribution in [3.63, 3.8) is 0 Å². The molecule has 7 atom stereocenters. The van der Waals surface area contributed by atoms with Crippen LogP contribution in [0, 0.1) is 0 Å². The number of hydrogen-bond acceptors (Lipinski definition) is 8. The molecule has 0 aromatic carbocycles. The number of nitrogens with one attached hydrogen (secondary N) is 1. The van der Waals surface area contributed by atoms with Crippen molar-refractivity contribution in [3.8, 4) is 0 Å². The molecule has 0 radical (unpaired) electrons. The van der Waals surface area contributed by atoms with Crippen LogP contribution in [0.3, 0.4) is 0 Å². The number of allylic oxidation sites excluding steroid dienone is 10. The molecule has 0 saturated carbocycles. The Hall–Kier alpha value is -2.11. The van der Waals surface area contributed by atoms with E-state index in [4.69, 9.17) is 9.47 Å². The maximum absolute atomic E-state index is 13.1. The zero-order valence-corrected chi connectivity index (χ0v) is 43.1. The van der Waals surface area contributed by atoms with Crippen LogP contribution >= 0.6 is 0 Å². The van der Waals surface area contributed by atoms with E-state index in [1.165, 1.54) is 141 Å². The maximum atomic E-state index is 13.1. The molecule has 9 heteroatoms. The second kappa shape index (κ2) is 47.6. The number of carbonyl (C=O) groups is 1. The first-order valence-corrected chi connectivity index (χ1v) is 28.0. The number of carbonyl (C=O) groups excluding carboxylic acids is 1. The van der Waals surface area contributed by atoms with Crippen molar-refractivity contribution in [1.29, 1.82) is 0 Å². The van der Waals surface area contributed by atoms with Crippen LogP contribution in [0.4, 0.5) is 0 Å². The van der Waals surface area contributed by atoms with Gasteiger partial charge in [0.2, 0.25) is 5.91 Å². The van der Waals surface area contributed by atoms with Gasteiger partial charge in [-0.1, -0.05) is 242 Å². The molecule has 1 heterocycles. The molecule has 1 fully saturated rings. The zero-order valence-electron chi connectivity index (χ0n) is 43.1. The van der Waals surface area contributed by atoms with Gasteiger partial charge in [-0.25, -0.2) is 0 Å². The van der Waals surface area contributed by atoms with Gasteiger partial charge in [0.15, 0.2) is 6.29 Å². The van der Waals surface area contributed by atoms with Gasteiger partial charge in [-0.2, -0.15) is 0 Å². The summed E-state index contributed by atoms with van der Waals surface area (Å²) in [5.41, 5.74) is 0. The van der Waals surface area contributed by atoms with Crippen LogP contribution in [0.1, 0.15) is 245 Å². The SMILES string of the molecule is CC/C=C\C/C=C\C/C=C\C/C=C\C/C=C\CCCCCCCCCCCC(=O)NC(COC1OC(CO)C(O)C(O)C1O)C(O)CCCCCCCCCCCCCCCCCCCCC. The molecule has 0 aliphatic carbocycles. The highest BCUT2D eigenvalue weighted by Gasteiger charge is 2.44. The Morgan fingerprint density at radius 3 is 1.37 bits per heavy atom. The molecule has 67 heavy (non-hydrogen) atoms. The van der Waals surface area contributed by atoms with E-state index in [0.717, 1.165) is 77.0 Å². The van der Waals surface area contributed by atoms with Crippen LogP contribution in [0.2, 0.25) is 0 Å². The van der Waals surface area contributed by atoms with E-state index in [0.29, 0.717) is 12.8 Å². The third-order valence-electron chi connectivity index (χ3n) is 13.1. The van der Waals surface area contributed by atoms with Crippen LogP contribution in [0.15, 0.2) is 60.8 Å². The highest BCUT2D eigenvalue weighted by Crippen LogP contribution is 2.23. The van der Waals surface area contributed by atoms with Gasteiger partial charge in [0.25, 0.3) is 0 Å². The van der Waals surface area contributed by atoms with E-state index in [1.54, 1.807) is 0 Å². The summed E-state index contributed by atoms with van der Waals surface area (Å²) in [6.45, 7) is 3.74. The van der Waals surface area contributed by atoms with E-state index in [2.05, 4.69) is 79.9 Å². The Morgan fingerprint density at radius 2 is 0.925 bits per heavy atom. The number of aliphatic hydroxyl groups is 5. The number of aliphatic hydroxyl groups excluding tert-OH is 5. The first-order chi connectivity index (χ1) is 32.8. The van der Waals surface area contributed by atoms with Gasteiger partial charge in [-0.15, -0.1) is 0 Å². The van der Waals surface area contributed by atoms with Gasteiger partial charge in [0.05, 0.1) is 25.4 Å². The van der Waals surface area contributed by atoms with Gasteiger partial charge in [-0.05, 0) is 57.8 Å². The minimum absolute atomic E-state index is 0.142. The first-order valence-electron chi connectivity index (χ1n) is 28.0. The number of unbranched alkanes of at least 4 members (excludes halogenated alkanes) is 27. The van der Waals surface area contributed by atoms with E-state index >= 15 is 0 Å². The summed E-state index contributed by atoms with van der Waals surface area (Å²) in [5, 5.41) is 54.7. The standard InChI is InChI=1S/C58H105NO8/c1-3-5-7-9-11-13-15-17-19-21-23-24-25-26-27-28-30-32-34-36-38-40-42-44-46-48-54(62)59-51(50-66-58-57(65)56(64)55(63)53(49-60)67-58)52(61)47-45-43-41-39-37-35-33-31-29-22-20-18-16-14-12-10-8-6-4-2/h5,7,11,13,17,19,23-24,26-27,51-53,55-58,60-61,63-65H,3-4,6,8-10,12,14-16,18,20-22,25,28-50H2,1-2H3,(H,59,62)/b7-5-,13-11-,19-17-,24-23-,27-26-. The smallest absolute Gasteiger partial charge is 0.220 e. The molecule has 1 aliphatic rings. The predicted octanol–water partition coefficient (Wildman–Crippen LogP) is 13.5. The van der Waals surface area contributed by atoms with E-state index in [-0.39, 0.29) is 12.5 Å². The summed E-state index contributed by atoms with van der Waals surface area (Å²) in [4.78, 5) is 13.1. The molecule has 1 saturated heterocycles. The maximum Gasteiger partial charge on any atom is 0.220 e. The summed E-state index contributed by atoms with van der Waals surface area (Å²) in [6.07, 6.45) is 56.6. The minimum atomic E-state index is -1.56. The molecular weight excluding hydrogens is 839 g/mol. The first kappa shape index (κ1) is 62.9. The Morgan fingerprint density at radius 1 is 0.522 bits per heavy atom. The van der Waals surface area contributed by atoms with Gasteiger partial charge in [0, 0.05) is 6.42 Å². The summed E-state index contributed by atoms with van der Waals surface area (Å²) in [7, 11) is 0. The lowest BCUT2D eigenvalue weighted by Crippen LogP contribution is -2.60. The Balaban J connectivity index is 2.23. The van der Waals surface area contributed by atoms with Crippen LogP contribution in [0.25, 0.3) is 0 Å². The van der Waals surface area contributed by atoms with Crippen LogP contribution in [0.5, 0.6) is 0 Å². The van der Waals surface area contributed by atoms with Crippen molar-refractivity contribution in [2.24, 2.45) is 0 Å². The second-order valence-electron chi connectivity index (χ2n) is 19.4. The quantitative estimate of drug-likeness (QED) is 0.0261. The topological polar surface area (TPSA) is 149 Å². The number of hydrogen-bond donors (Lipinski definition) is 6.